The number of hydrogen-bond acceptors (Lipinski definition) is 1. The molecule has 2 heteroatoms. The highest BCUT2D eigenvalue weighted by atomic mass is 15.3. The Morgan fingerprint density at radius 3 is 2.19 bits per heavy atom. The molecule has 0 amide bonds. The highest BCUT2D eigenvalue weighted by molar-refractivity contribution is 5.76. The lowest BCUT2D eigenvalue weighted by Crippen LogP contribution is -2.02. The van der Waals surface area contributed by atoms with Crippen LogP contribution in [0.3, 0.4) is 0 Å². The average molecular weight is 276 g/mol. The van der Waals surface area contributed by atoms with Gasteiger partial charge in [-0.15, -0.1) is 0 Å². The summed E-state index contributed by atoms with van der Waals surface area (Å²) < 4.78 is 2.04. The van der Waals surface area contributed by atoms with Crippen molar-refractivity contribution in [1.29, 1.82) is 0 Å². The van der Waals surface area contributed by atoms with E-state index in [0.717, 1.165) is 17.1 Å². The van der Waals surface area contributed by atoms with Gasteiger partial charge in [0.15, 0.2) is 0 Å². The number of rotatable bonds is 2. The molecule has 0 N–H and O–H groups in total. The molecule has 106 valence electrons. The number of hydrogen-bond donors (Lipinski definition) is 0. The van der Waals surface area contributed by atoms with Crippen LogP contribution in [0.5, 0.6) is 0 Å². The van der Waals surface area contributed by atoms with Crippen molar-refractivity contribution in [3.63, 3.8) is 0 Å². The topological polar surface area (TPSA) is 17.8 Å². The Hall–Kier alpha value is -2.35. The van der Waals surface area contributed by atoms with Crippen LogP contribution in [0.1, 0.15) is 22.5 Å². The van der Waals surface area contributed by atoms with E-state index in [-0.39, 0.29) is 0 Å². The van der Waals surface area contributed by atoms with Crippen LogP contribution >= 0.6 is 0 Å². The maximum Gasteiger partial charge on any atom is 0.0729 e. The average Bonchev–Trinajstić information content (AvgIpc) is 2.79. The maximum atomic E-state index is 4.64. The molecule has 21 heavy (non-hydrogen) atoms. The van der Waals surface area contributed by atoms with Crippen molar-refractivity contribution < 1.29 is 0 Å². The van der Waals surface area contributed by atoms with E-state index >= 15 is 0 Å². The first-order valence-electron chi connectivity index (χ1n) is 7.26. The number of aryl methyl sites for hydroxylation is 4. The van der Waals surface area contributed by atoms with Crippen LogP contribution < -0.4 is 0 Å². The van der Waals surface area contributed by atoms with Gasteiger partial charge in [0.05, 0.1) is 11.4 Å². The predicted octanol–water partition coefficient (Wildman–Crippen LogP) is 4.77. The Labute approximate surface area is 126 Å². The second kappa shape index (κ2) is 5.21. The molecule has 3 aromatic rings. The maximum absolute atomic E-state index is 4.64. The van der Waals surface area contributed by atoms with Gasteiger partial charge in [-0.2, -0.15) is 5.10 Å². The van der Waals surface area contributed by atoms with Gasteiger partial charge in [-0.05, 0) is 51.0 Å². The smallest absolute Gasteiger partial charge is 0.0729 e. The summed E-state index contributed by atoms with van der Waals surface area (Å²) in [7, 11) is 0. The Kier molecular flexibility index (Phi) is 3.38. The molecular formula is C19H20N2. The van der Waals surface area contributed by atoms with Crippen molar-refractivity contribution in [3.05, 3.63) is 71.0 Å². The van der Waals surface area contributed by atoms with E-state index in [1.165, 1.54) is 22.3 Å². The van der Waals surface area contributed by atoms with Crippen LogP contribution in [-0.4, -0.2) is 9.78 Å². The zero-order valence-electron chi connectivity index (χ0n) is 13.0. The normalized spacial score (nSPS) is 10.9. The van der Waals surface area contributed by atoms with E-state index in [0.29, 0.717) is 0 Å². The van der Waals surface area contributed by atoms with Gasteiger partial charge >= 0.3 is 0 Å². The van der Waals surface area contributed by atoms with Crippen LogP contribution in [-0.2, 0) is 0 Å². The van der Waals surface area contributed by atoms with Gasteiger partial charge in [0.2, 0.25) is 0 Å². The molecule has 0 radical (unpaired) electrons. The fourth-order valence-corrected chi connectivity index (χ4v) is 2.80. The standard InChI is InChI=1S/C19H20N2/c1-13-8-10-17(11-9-13)19-14(2)6-5-7-18(19)21-16(4)12-15(3)20-21/h5-12H,1-4H3. The summed E-state index contributed by atoms with van der Waals surface area (Å²) in [6.07, 6.45) is 0. The Bertz CT molecular complexity index is 780. The number of nitrogens with zero attached hydrogens (tertiary/aromatic N) is 2. The molecule has 0 saturated heterocycles. The van der Waals surface area contributed by atoms with Gasteiger partial charge in [-0.1, -0.05) is 42.0 Å². The molecule has 2 nitrogen and oxygen atoms in total. The predicted molar refractivity (Wildman–Crippen MR) is 87.9 cm³/mol. The quantitative estimate of drug-likeness (QED) is 0.659. The van der Waals surface area contributed by atoms with Crippen molar-refractivity contribution in [2.24, 2.45) is 0 Å². The number of aromatic nitrogens is 2. The summed E-state index contributed by atoms with van der Waals surface area (Å²) in [5, 5.41) is 4.64. The summed E-state index contributed by atoms with van der Waals surface area (Å²) in [6.45, 7) is 8.40. The van der Waals surface area contributed by atoms with E-state index in [1.54, 1.807) is 0 Å². The van der Waals surface area contributed by atoms with Crippen LogP contribution in [0.15, 0.2) is 48.5 Å². The Morgan fingerprint density at radius 2 is 1.57 bits per heavy atom. The SMILES string of the molecule is Cc1ccc(-c2c(C)cccc2-n2nc(C)cc2C)cc1. The summed E-state index contributed by atoms with van der Waals surface area (Å²) in [5.41, 5.74) is 8.38. The lowest BCUT2D eigenvalue weighted by molar-refractivity contribution is 0.834. The van der Waals surface area contributed by atoms with Gasteiger partial charge in [0, 0.05) is 11.3 Å². The molecule has 1 heterocycles. The zero-order valence-corrected chi connectivity index (χ0v) is 13.0. The van der Waals surface area contributed by atoms with Gasteiger partial charge < -0.3 is 0 Å². The van der Waals surface area contributed by atoms with Crippen molar-refractivity contribution in [1.82, 2.24) is 9.78 Å². The van der Waals surface area contributed by atoms with Crippen LogP contribution in [0.25, 0.3) is 16.8 Å². The summed E-state index contributed by atoms with van der Waals surface area (Å²) >= 11 is 0. The highest BCUT2D eigenvalue weighted by Gasteiger charge is 2.12. The molecule has 0 fully saturated rings. The molecule has 2 aromatic carbocycles. The zero-order chi connectivity index (χ0) is 15.0. The van der Waals surface area contributed by atoms with Crippen LogP contribution in [0.4, 0.5) is 0 Å². The summed E-state index contributed by atoms with van der Waals surface area (Å²) in [6, 6.07) is 17.2. The molecule has 0 atom stereocenters. The molecule has 3 rings (SSSR count). The summed E-state index contributed by atoms with van der Waals surface area (Å²) in [5.74, 6) is 0. The third-order valence-electron chi connectivity index (χ3n) is 3.83. The first-order chi connectivity index (χ1) is 10.1. The molecule has 0 spiro atoms. The van der Waals surface area contributed by atoms with Crippen molar-refractivity contribution in [2.45, 2.75) is 27.7 Å². The fourth-order valence-electron chi connectivity index (χ4n) is 2.80. The van der Waals surface area contributed by atoms with Crippen LogP contribution in [0, 0.1) is 27.7 Å². The first-order valence-corrected chi connectivity index (χ1v) is 7.26. The minimum atomic E-state index is 1.05. The van der Waals surface area contributed by atoms with Crippen LogP contribution in [0.2, 0.25) is 0 Å². The lowest BCUT2D eigenvalue weighted by atomic mass is 9.97. The van der Waals surface area contributed by atoms with E-state index in [1.807, 2.05) is 11.6 Å². The lowest BCUT2D eigenvalue weighted by Gasteiger charge is -2.14. The number of benzene rings is 2. The molecule has 0 aliphatic carbocycles. The van der Waals surface area contributed by atoms with Gasteiger partial charge in [-0.25, -0.2) is 4.68 Å². The Balaban J connectivity index is 2.25. The van der Waals surface area contributed by atoms with Gasteiger partial charge in [0.25, 0.3) is 0 Å². The van der Waals surface area contributed by atoms with E-state index < -0.39 is 0 Å². The second-order valence-electron chi connectivity index (χ2n) is 5.67. The largest absolute Gasteiger partial charge is 0.237 e. The minimum Gasteiger partial charge on any atom is -0.237 e. The third kappa shape index (κ3) is 2.49. The van der Waals surface area contributed by atoms with Crippen molar-refractivity contribution >= 4 is 0 Å². The minimum absolute atomic E-state index is 1.05. The van der Waals surface area contributed by atoms with E-state index in [2.05, 4.69) is 74.4 Å². The molecule has 0 bridgehead atoms. The van der Waals surface area contributed by atoms with E-state index in [4.69, 9.17) is 0 Å². The highest BCUT2D eigenvalue weighted by Crippen LogP contribution is 2.31. The second-order valence-corrected chi connectivity index (χ2v) is 5.67. The van der Waals surface area contributed by atoms with Crippen molar-refractivity contribution in [3.8, 4) is 16.8 Å². The molecule has 1 aromatic heterocycles. The van der Waals surface area contributed by atoms with Gasteiger partial charge in [-0.3, -0.25) is 0 Å². The summed E-state index contributed by atoms with van der Waals surface area (Å²) in [4.78, 5) is 0. The Morgan fingerprint density at radius 1 is 0.857 bits per heavy atom. The molecule has 0 unspecified atom stereocenters. The molecule has 0 aliphatic rings. The fraction of sp³-hybridized carbons (Fsp3) is 0.211. The monoisotopic (exact) mass is 276 g/mol. The molecule has 0 saturated carbocycles. The first kappa shape index (κ1) is 13.6. The van der Waals surface area contributed by atoms with Crippen molar-refractivity contribution in [2.75, 3.05) is 0 Å². The van der Waals surface area contributed by atoms with E-state index in [9.17, 15) is 0 Å². The van der Waals surface area contributed by atoms with Gasteiger partial charge in [0.1, 0.15) is 0 Å². The molecule has 0 aliphatic heterocycles. The molecular weight excluding hydrogens is 256 g/mol. The third-order valence-corrected chi connectivity index (χ3v) is 3.83.